The van der Waals surface area contributed by atoms with Crippen molar-refractivity contribution in [3.05, 3.63) is 18.2 Å². The van der Waals surface area contributed by atoms with E-state index in [-0.39, 0.29) is 0 Å². The van der Waals surface area contributed by atoms with Gasteiger partial charge >= 0.3 is 0 Å². The topological polar surface area (TPSA) is 53.7 Å². The van der Waals surface area contributed by atoms with Crippen LogP contribution in [0.15, 0.2) is 18.2 Å². The van der Waals surface area contributed by atoms with Crippen molar-refractivity contribution in [3.8, 4) is 17.2 Å². The van der Waals surface area contributed by atoms with E-state index in [1.165, 1.54) is 0 Å². The molecule has 0 radical (unpaired) electrons. The fourth-order valence-electron chi connectivity index (χ4n) is 1.41. The van der Waals surface area contributed by atoms with Gasteiger partial charge in [0.1, 0.15) is 12.4 Å². The van der Waals surface area contributed by atoms with Gasteiger partial charge in [0.25, 0.3) is 0 Å². The predicted octanol–water partition coefficient (Wildman–Crippen LogP) is 1.19. The fourth-order valence-corrected chi connectivity index (χ4v) is 1.41. The van der Waals surface area contributed by atoms with Gasteiger partial charge in [0.2, 0.25) is 0 Å². The van der Waals surface area contributed by atoms with Crippen LogP contribution in [0.25, 0.3) is 0 Å². The van der Waals surface area contributed by atoms with Crippen molar-refractivity contribution in [2.24, 2.45) is 5.73 Å². The maximum absolute atomic E-state index is 5.53. The summed E-state index contributed by atoms with van der Waals surface area (Å²) in [7, 11) is 0. The van der Waals surface area contributed by atoms with Crippen molar-refractivity contribution >= 4 is 0 Å². The molecule has 82 valence electrons. The average Bonchev–Trinajstić information content (AvgIpc) is 2.50. The van der Waals surface area contributed by atoms with E-state index in [2.05, 4.69) is 0 Å². The summed E-state index contributed by atoms with van der Waals surface area (Å²) in [6, 6.07) is 5.58. The standard InChI is InChI=1S/C11H15NO3/c12-4-7-13-9-2-3-10-11(8-9)15-6-1-5-14-10/h2-3,8H,1,4-7,12H2. The Labute approximate surface area is 88.9 Å². The van der Waals surface area contributed by atoms with Gasteiger partial charge in [-0.2, -0.15) is 0 Å². The summed E-state index contributed by atoms with van der Waals surface area (Å²) in [5.74, 6) is 2.30. The largest absolute Gasteiger partial charge is 0.492 e. The quantitative estimate of drug-likeness (QED) is 0.812. The molecular weight excluding hydrogens is 194 g/mol. The minimum atomic E-state index is 0.508. The van der Waals surface area contributed by atoms with E-state index < -0.39 is 0 Å². The van der Waals surface area contributed by atoms with E-state index in [1.54, 1.807) is 0 Å². The van der Waals surface area contributed by atoms with E-state index in [4.69, 9.17) is 19.9 Å². The molecular formula is C11H15NO3. The molecule has 0 spiro atoms. The molecule has 15 heavy (non-hydrogen) atoms. The molecule has 0 fully saturated rings. The number of rotatable bonds is 3. The van der Waals surface area contributed by atoms with Crippen LogP contribution in [0, 0.1) is 0 Å². The molecule has 4 nitrogen and oxygen atoms in total. The van der Waals surface area contributed by atoms with E-state index in [9.17, 15) is 0 Å². The molecule has 2 N–H and O–H groups in total. The van der Waals surface area contributed by atoms with Gasteiger partial charge in [-0.3, -0.25) is 0 Å². The zero-order valence-electron chi connectivity index (χ0n) is 8.57. The molecule has 0 saturated carbocycles. The molecule has 4 heteroatoms. The van der Waals surface area contributed by atoms with Gasteiger partial charge < -0.3 is 19.9 Å². The first-order valence-electron chi connectivity index (χ1n) is 5.12. The van der Waals surface area contributed by atoms with Crippen molar-refractivity contribution in [1.29, 1.82) is 0 Å². The highest BCUT2D eigenvalue weighted by atomic mass is 16.5. The second kappa shape index (κ2) is 4.89. The molecule has 1 aliphatic heterocycles. The fraction of sp³-hybridized carbons (Fsp3) is 0.455. The lowest BCUT2D eigenvalue weighted by Gasteiger charge is -2.09. The van der Waals surface area contributed by atoms with E-state index in [0.717, 1.165) is 23.7 Å². The Hall–Kier alpha value is -1.42. The van der Waals surface area contributed by atoms with E-state index >= 15 is 0 Å². The number of ether oxygens (including phenoxy) is 3. The highest BCUT2D eigenvalue weighted by Crippen LogP contribution is 2.33. The molecule has 0 atom stereocenters. The summed E-state index contributed by atoms with van der Waals surface area (Å²) >= 11 is 0. The molecule has 0 bridgehead atoms. The van der Waals surface area contributed by atoms with Crippen molar-refractivity contribution in [1.82, 2.24) is 0 Å². The second-order valence-corrected chi connectivity index (χ2v) is 3.30. The zero-order valence-corrected chi connectivity index (χ0v) is 8.57. The Balaban J connectivity index is 2.13. The summed E-state index contributed by atoms with van der Waals surface area (Å²) in [4.78, 5) is 0. The van der Waals surface area contributed by atoms with Crippen molar-refractivity contribution in [2.75, 3.05) is 26.4 Å². The first kappa shape index (κ1) is 10.1. The Morgan fingerprint density at radius 3 is 2.80 bits per heavy atom. The summed E-state index contributed by atoms with van der Waals surface area (Å²) in [6.07, 6.45) is 0.910. The van der Waals surface area contributed by atoms with Gasteiger partial charge in [-0.05, 0) is 12.1 Å². The minimum absolute atomic E-state index is 0.508. The molecule has 1 aromatic rings. The smallest absolute Gasteiger partial charge is 0.164 e. The Morgan fingerprint density at radius 2 is 2.00 bits per heavy atom. The Kier molecular flexibility index (Phi) is 3.29. The van der Waals surface area contributed by atoms with Crippen LogP contribution in [-0.4, -0.2) is 26.4 Å². The van der Waals surface area contributed by atoms with Gasteiger partial charge in [0, 0.05) is 19.0 Å². The predicted molar refractivity (Wildman–Crippen MR) is 56.6 cm³/mol. The SMILES string of the molecule is NCCOc1ccc2c(c1)OCCCO2. The zero-order chi connectivity index (χ0) is 10.5. The van der Waals surface area contributed by atoms with Crippen molar-refractivity contribution in [2.45, 2.75) is 6.42 Å². The van der Waals surface area contributed by atoms with Crippen LogP contribution in [0.3, 0.4) is 0 Å². The Bertz CT molecular complexity index is 328. The lowest BCUT2D eigenvalue weighted by atomic mass is 10.3. The number of hydrogen-bond acceptors (Lipinski definition) is 4. The van der Waals surface area contributed by atoms with E-state index in [0.29, 0.717) is 26.4 Å². The Morgan fingerprint density at radius 1 is 1.20 bits per heavy atom. The van der Waals surface area contributed by atoms with Gasteiger partial charge in [0.15, 0.2) is 11.5 Å². The molecule has 0 unspecified atom stereocenters. The number of benzene rings is 1. The normalized spacial score (nSPS) is 14.5. The summed E-state index contributed by atoms with van der Waals surface area (Å²) < 4.78 is 16.4. The highest BCUT2D eigenvalue weighted by molar-refractivity contribution is 5.45. The summed E-state index contributed by atoms with van der Waals surface area (Å²) in [5, 5.41) is 0. The van der Waals surface area contributed by atoms with Crippen LogP contribution in [-0.2, 0) is 0 Å². The summed E-state index contributed by atoms with van der Waals surface area (Å²) in [5.41, 5.74) is 5.36. The maximum atomic E-state index is 5.53. The number of fused-ring (bicyclic) bond motifs is 1. The van der Waals surface area contributed by atoms with Crippen LogP contribution in [0.2, 0.25) is 0 Å². The number of hydrogen-bond donors (Lipinski definition) is 1. The summed E-state index contributed by atoms with van der Waals surface area (Å²) in [6.45, 7) is 2.41. The molecule has 1 heterocycles. The second-order valence-electron chi connectivity index (χ2n) is 3.30. The maximum Gasteiger partial charge on any atom is 0.164 e. The monoisotopic (exact) mass is 209 g/mol. The third-order valence-electron chi connectivity index (χ3n) is 2.11. The number of nitrogens with two attached hydrogens (primary N) is 1. The van der Waals surface area contributed by atoms with Crippen molar-refractivity contribution < 1.29 is 14.2 Å². The van der Waals surface area contributed by atoms with Crippen LogP contribution in [0.5, 0.6) is 17.2 Å². The molecule has 0 aliphatic carbocycles. The molecule has 0 saturated heterocycles. The van der Waals surface area contributed by atoms with Crippen LogP contribution in [0.4, 0.5) is 0 Å². The minimum Gasteiger partial charge on any atom is -0.492 e. The highest BCUT2D eigenvalue weighted by Gasteiger charge is 2.10. The van der Waals surface area contributed by atoms with Gasteiger partial charge in [0.05, 0.1) is 13.2 Å². The molecule has 1 aliphatic rings. The lowest BCUT2D eigenvalue weighted by Crippen LogP contribution is -2.10. The first-order chi connectivity index (χ1) is 7.40. The lowest BCUT2D eigenvalue weighted by molar-refractivity contribution is 0.296. The van der Waals surface area contributed by atoms with Crippen LogP contribution in [0.1, 0.15) is 6.42 Å². The van der Waals surface area contributed by atoms with Crippen LogP contribution >= 0.6 is 0 Å². The van der Waals surface area contributed by atoms with Gasteiger partial charge in [-0.1, -0.05) is 0 Å². The molecule has 1 aromatic carbocycles. The molecule has 0 amide bonds. The molecule has 0 aromatic heterocycles. The van der Waals surface area contributed by atoms with Gasteiger partial charge in [-0.15, -0.1) is 0 Å². The van der Waals surface area contributed by atoms with Crippen LogP contribution < -0.4 is 19.9 Å². The van der Waals surface area contributed by atoms with Crippen molar-refractivity contribution in [3.63, 3.8) is 0 Å². The third kappa shape index (κ3) is 2.53. The average molecular weight is 209 g/mol. The van der Waals surface area contributed by atoms with Gasteiger partial charge in [-0.25, -0.2) is 0 Å². The first-order valence-corrected chi connectivity index (χ1v) is 5.12. The third-order valence-corrected chi connectivity index (χ3v) is 2.11. The molecule has 2 rings (SSSR count). The van der Waals surface area contributed by atoms with E-state index in [1.807, 2.05) is 18.2 Å².